The van der Waals surface area contributed by atoms with Crippen molar-refractivity contribution in [1.29, 1.82) is 0 Å². The molecule has 3 aromatic heterocycles. The van der Waals surface area contributed by atoms with Crippen molar-refractivity contribution in [2.24, 2.45) is 0 Å². The number of H-pyrrole nitrogens is 1. The minimum Gasteiger partial charge on any atom is -0.394 e. The number of nitrogens with zero attached hydrogens (tertiary/aromatic N) is 5. The number of nitrogens with two attached hydrogens (primary N) is 1. The van der Waals surface area contributed by atoms with Crippen LogP contribution in [0.5, 0.6) is 0 Å². The summed E-state index contributed by atoms with van der Waals surface area (Å²) >= 11 is 5.10. The van der Waals surface area contributed by atoms with E-state index < -0.39 is 68.2 Å². The van der Waals surface area contributed by atoms with Gasteiger partial charge >= 0.3 is 12.4 Å². The maximum absolute atomic E-state index is 12.3. The molecule has 0 saturated carbocycles. The maximum atomic E-state index is 12.3. The molecule has 6 N–H and O–H groups in total. The van der Waals surface area contributed by atoms with Crippen molar-refractivity contribution in [1.82, 2.24) is 29.1 Å². The summed E-state index contributed by atoms with van der Waals surface area (Å²) < 4.78 is 30.3. The number of hydrogen-bond donors (Lipinski definition) is 5. The Balaban J connectivity index is 1.42. The zero-order valence-corrected chi connectivity index (χ0v) is 22.5. The first kappa shape index (κ1) is 29.3. The zero-order valence-electron chi connectivity index (χ0n) is 20.8. The first-order valence-electron chi connectivity index (χ1n) is 11.6. The highest BCUT2D eigenvalue weighted by atomic mass is 32.5. The molecule has 17 nitrogen and oxygen atoms in total. The van der Waals surface area contributed by atoms with Crippen LogP contribution in [0.1, 0.15) is 25.8 Å². The van der Waals surface area contributed by atoms with E-state index in [0.717, 1.165) is 10.6 Å². The van der Waals surface area contributed by atoms with Crippen LogP contribution in [0.4, 0.5) is 5.82 Å². The number of nitrogen functional groups attached to an aromatic ring is 1. The molecule has 39 heavy (non-hydrogen) atoms. The Morgan fingerprint density at radius 1 is 1.31 bits per heavy atom. The second-order valence-corrected chi connectivity index (χ2v) is 11.1. The van der Waals surface area contributed by atoms with Gasteiger partial charge in [-0.2, -0.15) is 0 Å². The molecular weight excluding hydrogens is 561 g/mol. The lowest BCUT2D eigenvalue weighted by atomic mass is 10.1. The number of imidazole rings is 1. The molecule has 1 aliphatic heterocycles. The predicted octanol–water partition coefficient (Wildman–Crippen LogP) is -1.27. The first-order valence-corrected chi connectivity index (χ1v) is 14.2. The molecule has 0 spiro atoms. The SMILES string of the molecule is CC[C@@H](OC(O)COP(O)(=S)O[C@@H]1[C@H](OC)C(n2ccc(=O)[nH]c2=O)O[C@@H]1CO)n1cnc2c(N)ncnc21. The summed E-state index contributed by atoms with van der Waals surface area (Å²) in [5.41, 5.74) is 5.20. The molecule has 0 aliphatic carbocycles. The highest BCUT2D eigenvalue weighted by molar-refractivity contribution is 8.07. The Labute approximate surface area is 225 Å². The summed E-state index contributed by atoms with van der Waals surface area (Å²) in [7, 11) is 1.30. The minimum atomic E-state index is -4.07. The number of aliphatic hydroxyl groups excluding tert-OH is 2. The molecule has 214 valence electrons. The fourth-order valence-electron chi connectivity index (χ4n) is 4.09. The third-order valence-electron chi connectivity index (χ3n) is 5.86. The molecule has 0 bridgehead atoms. The number of aromatic nitrogens is 6. The van der Waals surface area contributed by atoms with Crippen LogP contribution in [0.2, 0.25) is 0 Å². The Hall–Kier alpha value is -2.64. The first-order chi connectivity index (χ1) is 18.6. The second kappa shape index (κ2) is 12.3. The largest absolute Gasteiger partial charge is 0.394 e. The average Bonchev–Trinajstić information content (AvgIpc) is 3.48. The van der Waals surface area contributed by atoms with E-state index in [0.29, 0.717) is 17.6 Å². The highest BCUT2D eigenvalue weighted by Crippen LogP contribution is 2.49. The maximum Gasteiger partial charge on any atom is 0.330 e. The van der Waals surface area contributed by atoms with E-state index in [2.05, 4.69) is 19.9 Å². The van der Waals surface area contributed by atoms with E-state index in [4.69, 9.17) is 40.8 Å². The Morgan fingerprint density at radius 2 is 2.08 bits per heavy atom. The van der Waals surface area contributed by atoms with Crippen LogP contribution >= 0.6 is 6.72 Å². The number of methoxy groups -OCH3 is 1. The van der Waals surface area contributed by atoms with Gasteiger partial charge in [0.1, 0.15) is 43.0 Å². The lowest BCUT2D eigenvalue weighted by Gasteiger charge is -2.27. The van der Waals surface area contributed by atoms with Crippen molar-refractivity contribution >= 4 is 35.5 Å². The molecule has 19 heteroatoms. The van der Waals surface area contributed by atoms with Gasteiger partial charge in [-0.1, -0.05) is 6.92 Å². The summed E-state index contributed by atoms with van der Waals surface area (Å²) in [5.74, 6) is 0.190. The molecule has 1 fully saturated rings. The second-order valence-electron chi connectivity index (χ2n) is 8.34. The molecule has 1 aliphatic rings. The van der Waals surface area contributed by atoms with Crippen LogP contribution in [0, 0.1) is 0 Å². The number of aliphatic hydroxyl groups is 2. The van der Waals surface area contributed by atoms with Crippen LogP contribution in [-0.4, -0.2) is 89.1 Å². The Kier molecular flexibility index (Phi) is 9.22. The third kappa shape index (κ3) is 6.41. The monoisotopic (exact) mass is 589 g/mol. The quantitative estimate of drug-likeness (QED) is 0.122. The molecule has 4 rings (SSSR count). The van der Waals surface area contributed by atoms with Gasteiger partial charge in [0.2, 0.25) is 0 Å². The van der Waals surface area contributed by atoms with Crippen LogP contribution in [0.3, 0.4) is 0 Å². The third-order valence-corrected chi connectivity index (χ3v) is 7.42. The standard InChI is InChI=1S/C20H28N7O10PS/c1-3-12(27-9-24-14-17(21)22-8-23-18(14)27)36-13(30)7-34-38(32,39)37-15-10(6-28)35-19(16(15)33-2)26-5-4-11(29)25-20(26)31/h4-5,8-10,12-13,15-16,19,28,30H,3,6-7H2,1-2H3,(H,32,39)(H2,21,22,23)(H,25,29,31)/t10-,12-,13?,15+,16+,19?,38?/m1/s1. The molecule has 3 unspecified atom stereocenters. The van der Waals surface area contributed by atoms with E-state index in [1.807, 2.05) is 0 Å². The number of aromatic amines is 1. The van der Waals surface area contributed by atoms with Crippen molar-refractivity contribution in [2.75, 3.05) is 26.1 Å². The fourth-order valence-corrected chi connectivity index (χ4v) is 5.51. The molecule has 1 saturated heterocycles. The summed E-state index contributed by atoms with van der Waals surface area (Å²) in [6.45, 7) is -3.42. The smallest absolute Gasteiger partial charge is 0.330 e. The van der Waals surface area contributed by atoms with Crippen molar-refractivity contribution in [3.63, 3.8) is 0 Å². The number of ether oxygens (including phenoxy) is 3. The predicted molar refractivity (Wildman–Crippen MR) is 137 cm³/mol. The van der Waals surface area contributed by atoms with Gasteiger partial charge in [-0.05, 0) is 18.2 Å². The minimum absolute atomic E-state index is 0.190. The van der Waals surface area contributed by atoms with Gasteiger partial charge in [0.05, 0.1) is 12.9 Å². The van der Waals surface area contributed by atoms with Crippen molar-refractivity contribution in [3.8, 4) is 0 Å². The van der Waals surface area contributed by atoms with Crippen LogP contribution in [-0.2, 0) is 35.1 Å². The van der Waals surface area contributed by atoms with Gasteiger partial charge in [0.25, 0.3) is 5.56 Å². The molecule has 7 atom stereocenters. The van der Waals surface area contributed by atoms with E-state index >= 15 is 0 Å². The van der Waals surface area contributed by atoms with E-state index in [1.54, 1.807) is 11.5 Å². The van der Waals surface area contributed by atoms with Gasteiger partial charge in [0.15, 0.2) is 24.0 Å². The van der Waals surface area contributed by atoms with Gasteiger partial charge in [-0.25, -0.2) is 19.7 Å². The number of nitrogens with one attached hydrogen (secondary N) is 1. The van der Waals surface area contributed by atoms with Crippen LogP contribution in [0.15, 0.2) is 34.5 Å². The molecule has 0 amide bonds. The summed E-state index contributed by atoms with van der Waals surface area (Å²) in [4.78, 5) is 48.7. The highest BCUT2D eigenvalue weighted by Gasteiger charge is 2.49. The van der Waals surface area contributed by atoms with Gasteiger partial charge in [0, 0.05) is 19.4 Å². The molecule has 3 aromatic rings. The lowest BCUT2D eigenvalue weighted by molar-refractivity contribution is -0.175. The van der Waals surface area contributed by atoms with Crippen molar-refractivity contribution < 1.29 is 38.4 Å². The van der Waals surface area contributed by atoms with Crippen molar-refractivity contribution in [2.45, 2.75) is 50.4 Å². The fraction of sp³-hybridized carbons (Fsp3) is 0.550. The summed E-state index contributed by atoms with van der Waals surface area (Å²) in [5, 5.41) is 20.3. The van der Waals surface area contributed by atoms with Gasteiger partial charge in [-0.15, -0.1) is 0 Å². The molecule has 4 heterocycles. The van der Waals surface area contributed by atoms with Crippen LogP contribution in [0.25, 0.3) is 11.2 Å². The Bertz CT molecular complexity index is 1450. The Morgan fingerprint density at radius 3 is 2.74 bits per heavy atom. The number of rotatable bonds is 12. The number of fused-ring (bicyclic) bond motifs is 1. The topological polar surface area (TPSA) is 231 Å². The van der Waals surface area contributed by atoms with Gasteiger partial charge in [-0.3, -0.25) is 23.4 Å². The van der Waals surface area contributed by atoms with Crippen LogP contribution < -0.4 is 17.0 Å². The van der Waals surface area contributed by atoms with Gasteiger partial charge < -0.3 is 39.6 Å². The van der Waals surface area contributed by atoms with E-state index in [-0.39, 0.29) is 5.82 Å². The normalized spacial score (nSPS) is 24.5. The lowest BCUT2D eigenvalue weighted by Crippen LogP contribution is -2.39. The number of anilines is 1. The average molecular weight is 590 g/mol. The van der Waals surface area contributed by atoms with E-state index in [1.165, 1.54) is 26.0 Å². The van der Waals surface area contributed by atoms with Crippen molar-refractivity contribution in [3.05, 3.63) is 45.8 Å². The zero-order chi connectivity index (χ0) is 28.3. The molecule has 0 aromatic carbocycles. The molecular formula is C20H28N7O10PS. The van der Waals surface area contributed by atoms with E-state index in [9.17, 15) is 24.7 Å². The number of hydrogen-bond acceptors (Lipinski definition) is 14. The molecule has 0 radical (unpaired) electrons. The summed E-state index contributed by atoms with van der Waals surface area (Å²) in [6.07, 6.45) is -2.39. The summed E-state index contributed by atoms with van der Waals surface area (Å²) in [6, 6.07) is 1.11.